The minimum Gasteiger partial charge on any atom is -0.481 e. The first-order valence-electron chi connectivity index (χ1n) is 10.5. The van der Waals surface area contributed by atoms with Crippen molar-refractivity contribution in [1.29, 1.82) is 0 Å². The zero-order valence-corrected chi connectivity index (χ0v) is 17.2. The Morgan fingerprint density at radius 3 is 2.32 bits per heavy atom. The number of carbonyl (C=O) groups is 3. The number of likely N-dealkylation sites (tertiary alicyclic amines) is 1. The van der Waals surface area contributed by atoms with Crippen LogP contribution in [0.15, 0.2) is 48.5 Å². The Bertz CT molecular complexity index is 1040. The normalized spacial score (nSPS) is 24.0. The van der Waals surface area contributed by atoms with Crippen molar-refractivity contribution in [3.63, 3.8) is 0 Å². The molecule has 2 aromatic rings. The van der Waals surface area contributed by atoms with Gasteiger partial charge in [0.15, 0.2) is 0 Å². The summed E-state index contributed by atoms with van der Waals surface area (Å²) in [4.78, 5) is 38.0. The van der Waals surface area contributed by atoms with E-state index in [1.165, 1.54) is 4.90 Å². The van der Waals surface area contributed by atoms with E-state index in [9.17, 15) is 19.5 Å². The van der Waals surface area contributed by atoms with Crippen LogP contribution in [-0.4, -0.2) is 53.7 Å². The molecule has 2 aliphatic carbocycles. The highest BCUT2D eigenvalue weighted by Gasteiger charge is 2.66. The van der Waals surface area contributed by atoms with Crippen molar-refractivity contribution in [3.8, 4) is 11.1 Å². The molecule has 31 heavy (non-hydrogen) atoms. The van der Waals surface area contributed by atoms with E-state index in [0.29, 0.717) is 13.0 Å². The van der Waals surface area contributed by atoms with Crippen molar-refractivity contribution >= 4 is 18.0 Å². The van der Waals surface area contributed by atoms with Gasteiger partial charge < -0.3 is 20.1 Å². The first-order chi connectivity index (χ1) is 14.9. The maximum absolute atomic E-state index is 12.7. The molecule has 2 fully saturated rings. The number of nitrogens with one attached hydrogen (secondary N) is 1. The second kappa shape index (κ2) is 7.11. The van der Waals surface area contributed by atoms with E-state index in [4.69, 9.17) is 4.74 Å². The monoisotopic (exact) mass is 420 g/mol. The third kappa shape index (κ3) is 3.15. The molecule has 0 radical (unpaired) electrons. The first-order valence-corrected chi connectivity index (χ1v) is 10.5. The number of alkyl carbamates (subject to hydrolysis) is 1. The quantitative estimate of drug-likeness (QED) is 0.776. The van der Waals surface area contributed by atoms with E-state index in [1.807, 2.05) is 36.4 Å². The Morgan fingerprint density at radius 2 is 1.74 bits per heavy atom. The maximum Gasteiger partial charge on any atom is 0.407 e. The molecule has 2 aromatic carbocycles. The number of carboxylic acids is 1. The first kappa shape index (κ1) is 19.6. The number of nitrogens with zero attached hydrogens (tertiary/aromatic N) is 1. The van der Waals surface area contributed by atoms with Crippen LogP contribution in [0.1, 0.15) is 30.4 Å². The molecule has 3 aliphatic rings. The van der Waals surface area contributed by atoms with Gasteiger partial charge in [0, 0.05) is 19.0 Å². The fourth-order valence-corrected chi connectivity index (χ4v) is 5.13. The maximum atomic E-state index is 12.7. The van der Waals surface area contributed by atoms with Crippen LogP contribution >= 0.6 is 0 Å². The van der Waals surface area contributed by atoms with E-state index >= 15 is 0 Å². The number of amides is 2. The summed E-state index contributed by atoms with van der Waals surface area (Å²) in [5.41, 5.74) is 3.76. The Balaban J connectivity index is 1.19. The van der Waals surface area contributed by atoms with Gasteiger partial charge in [0.1, 0.15) is 12.6 Å². The second-order valence-electron chi connectivity index (χ2n) is 8.77. The van der Waals surface area contributed by atoms with Crippen LogP contribution < -0.4 is 5.32 Å². The molecule has 2 amide bonds. The third-order valence-electron chi connectivity index (χ3n) is 6.93. The van der Waals surface area contributed by atoms with Crippen LogP contribution in [0.4, 0.5) is 4.79 Å². The summed E-state index contributed by atoms with van der Waals surface area (Å²) >= 11 is 0. The van der Waals surface area contributed by atoms with E-state index in [0.717, 1.165) is 22.3 Å². The van der Waals surface area contributed by atoms with Gasteiger partial charge in [-0.3, -0.25) is 9.59 Å². The molecule has 1 saturated heterocycles. The van der Waals surface area contributed by atoms with Crippen LogP contribution in [0, 0.1) is 11.3 Å². The molecule has 2 N–H and O–H groups in total. The van der Waals surface area contributed by atoms with Crippen LogP contribution in [0.2, 0.25) is 0 Å². The predicted octanol–water partition coefficient (Wildman–Crippen LogP) is 2.85. The van der Waals surface area contributed by atoms with Gasteiger partial charge in [0.2, 0.25) is 5.91 Å². The van der Waals surface area contributed by atoms with Gasteiger partial charge in [-0.1, -0.05) is 48.5 Å². The fourth-order valence-electron chi connectivity index (χ4n) is 5.13. The lowest BCUT2D eigenvalue weighted by Crippen LogP contribution is -2.47. The second-order valence-corrected chi connectivity index (χ2v) is 8.77. The number of hydrogen-bond acceptors (Lipinski definition) is 4. The Morgan fingerprint density at radius 1 is 1.13 bits per heavy atom. The summed E-state index contributed by atoms with van der Waals surface area (Å²) in [6.07, 6.45) is -0.0275. The lowest BCUT2D eigenvalue weighted by molar-refractivity contribution is -0.144. The van der Waals surface area contributed by atoms with Crippen LogP contribution in [0.25, 0.3) is 11.1 Å². The highest BCUT2D eigenvalue weighted by atomic mass is 16.5. The SMILES string of the molecule is C[C@H](NC(=O)OCC1c2ccccc2-c2ccccc21)C(=O)N1CC2CC2(C(=O)O)C1. The summed E-state index contributed by atoms with van der Waals surface area (Å²) < 4.78 is 5.50. The summed E-state index contributed by atoms with van der Waals surface area (Å²) in [5.74, 6) is -1.15. The smallest absolute Gasteiger partial charge is 0.407 e. The molecule has 1 heterocycles. The van der Waals surface area contributed by atoms with Gasteiger partial charge in [0.05, 0.1) is 5.41 Å². The number of rotatable bonds is 5. The largest absolute Gasteiger partial charge is 0.481 e. The number of ether oxygens (including phenoxy) is 1. The number of fused-ring (bicyclic) bond motifs is 4. The number of carbonyl (C=O) groups excluding carboxylic acids is 2. The minimum absolute atomic E-state index is 0.0237. The summed E-state index contributed by atoms with van der Waals surface area (Å²) in [6.45, 7) is 2.42. The van der Waals surface area contributed by atoms with E-state index in [2.05, 4.69) is 17.4 Å². The lowest BCUT2D eigenvalue weighted by Gasteiger charge is -2.24. The number of carboxylic acid groups (broad SMARTS) is 1. The Kier molecular flexibility index (Phi) is 4.50. The molecule has 7 nitrogen and oxygen atoms in total. The zero-order chi connectivity index (χ0) is 21.8. The number of aliphatic carboxylic acids is 1. The lowest BCUT2D eigenvalue weighted by atomic mass is 9.98. The van der Waals surface area contributed by atoms with Crippen LogP contribution in [-0.2, 0) is 14.3 Å². The van der Waals surface area contributed by atoms with Crippen molar-refractivity contribution in [2.45, 2.75) is 25.3 Å². The molecular formula is C24H24N2O5. The van der Waals surface area contributed by atoms with E-state index in [1.54, 1.807) is 6.92 Å². The fraction of sp³-hybridized carbons (Fsp3) is 0.375. The van der Waals surface area contributed by atoms with Crippen LogP contribution in [0.3, 0.4) is 0 Å². The van der Waals surface area contributed by atoms with Gasteiger partial charge >= 0.3 is 12.1 Å². The molecule has 160 valence electrons. The standard InChI is InChI=1S/C24H24N2O5/c1-14(21(27)26-11-15-10-24(15,13-26)22(28)29)25-23(30)31-12-20-18-8-4-2-6-16(18)17-7-3-5-9-19(17)20/h2-9,14-15,20H,10-13H2,1H3,(H,25,30)(H,28,29)/t14-,15?,24?/m0/s1. The van der Waals surface area contributed by atoms with Gasteiger partial charge in [-0.05, 0) is 41.5 Å². The van der Waals surface area contributed by atoms with Gasteiger partial charge in [-0.25, -0.2) is 4.79 Å². The van der Waals surface area contributed by atoms with Crippen molar-refractivity contribution in [1.82, 2.24) is 10.2 Å². The summed E-state index contributed by atoms with van der Waals surface area (Å²) in [5, 5.41) is 12.0. The average molecular weight is 420 g/mol. The van der Waals surface area contributed by atoms with Crippen molar-refractivity contribution < 1.29 is 24.2 Å². The molecule has 3 atom stereocenters. The number of benzene rings is 2. The number of hydrogen-bond donors (Lipinski definition) is 2. The minimum atomic E-state index is -0.843. The predicted molar refractivity (Wildman–Crippen MR) is 112 cm³/mol. The zero-order valence-electron chi connectivity index (χ0n) is 17.2. The van der Waals surface area contributed by atoms with E-state index < -0.39 is 23.5 Å². The van der Waals surface area contributed by atoms with Gasteiger partial charge in [0.25, 0.3) is 0 Å². The van der Waals surface area contributed by atoms with Crippen molar-refractivity contribution in [2.75, 3.05) is 19.7 Å². The summed E-state index contributed by atoms with van der Waals surface area (Å²) in [7, 11) is 0. The van der Waals surface area contributed by atoms with E-state index in [-0.39, 0.29) is 30.9 Å². The molecule has 2 unspecified atom stereocenters. The van der Waals surface area contributed by atoms with Gasteiger partial charge in [-0.15, -0.1) is 0 Å². The van der Waals surface area contributed by atoms with Crippen LogP contribution in [0.5, 0.6) is 0 Å². The molecule has 7 heteroatoms. The molecule has 1 aliphatic heterocycles. The molecule has 1 saturated carbocycles. The molecule has 0 bridgehead atoms. The third-order valence-corrected chi connectivity index (χ3v) is 6.93. The molecule has 0 aromatic heterocycles. The topological polar surface area (TPSA) is 95.9 Å². The average Bonchev–Trinajstić information content (AvgIpc) is 3.20. The highest BCUT2D eigenvalue weighted by Crippen LogP contribution is 2.57. The highest BCUT2D eigenvalue weighted by molar-refractivity contribution is 5.88. The molecule has 5 rings (SSSR count). The molecule has 0 spiro atoms. The molecular weight excluding hydrogens is 396 g/mol. The summed E-state index contributed by atoms with van der Waals surface area (Å²) in [6, 6.07) is 15.4. The Hall–Kier alpha value is -3.35. The Labute approximate surface area is 180 Å². The van der Waals surface area contributed by atoms with Crippen molar-refractivity contribution in [3.05, 3.63) is 59.7 Å². The van der Waals surface area contributed by atoms with Gasteiger partial charge in [-0.2, -0.15) is 0 Å². The van der Waals surface area contributed by atoms with Crippen molar-refractivity contribution in [2.24, 2.45) is 11.3 Å². The number of piperidine rings is 1.